The monoisotopic (exact) mass is 367 g/mol. The van der Waals surface area contributed by atoms with Gasteiger partial charge in [-0.15, -0.1) is 0 Å². The molecule has 2 aromatic carbocycles. The zero-order valence-electron chi connectivity index (χ0n) is 14.9. The number of aromatic nitrogens is 1. The Morgan fingerprint density at radius 3 is 2.38 bits per heavy atom. The predicted octanol–water partition coefficient (Wildman–Crippen LogP) is 5.27. The summed E-state index contributed by atoms with van der Waals surface area (Å²) >= 11 is 6.09. The van der Waals surface area contributed by atoms with Crippen molar-refractivity contribution in [2.45, 2.75) is 32.5 Å². The van der Waals surface area contributed by atoms with Crippen LogP contribution in [0, 0.1) is 6.92 Å². The third-order valence-electron chi connectivity index (χ3n) is 4.48. The quantitative estimate of drug-likeness (QED) is 0.645. The lowest BCUT2D eigenvalue weighted by Gasteiger charge is -2.28. The summed E-state index contributed by atoms with van der Waals surface area (Å²) in [6.45, 7) is 4.32. The van der Waals surface area contributed by atoms with Crippen LogP contribution in [-0.2, 0) is 12.2 Å². The van der Waals surface area contributed by atoms with Crippen LogP contribution in [0.15, 0.2) is 66.7 Å². The SMILES string of the molecule is CCC(O)(c1ccc(OCc2cccc(C)n2)cc1)c1cccc(Cl)c1. The molecule has 0 spiro atoms. The van der Waals surface area contributed by atoms with Gasteiger partial charge in [-0.1, -0.05) is 48.9 Å². The topological polar surface area (TPSA) is 42.4 Å². The Morgan fingerprint density at radius 2 is 1.73 bits per heavy atom. The maximum atomic E-state index is 11.2. The smallest absolute Gasteiger partial charge is 0.130 e. The average Bonchev–Trinajstić information content (AvgIpc) is 2.66. The normalized spacial score (nSPS) is 13.2. The van der Waals surface area contributed by atoms with Crippen molar-refractivity contribution in [1.29, 1.82) is 0 Å². The first kappa shape index (κ1) is 18.4. The number of benzene rings is 2. The van der Waals surface area contributed by atoms with Crippen molar-refractivity contribution in [3.8, 4) is 5.75 Å². The van der Waals surface area contributed by atoms with E-state index in [1.54, 1.807) is 12.1 Å². The Kier molecular flexibility index (Phi) is 5.60. The van der Waals surface area contributed by atoms with Gasteiger partial charge in [-0.2, -0.15) is 0 Å². The van der Waals surface area contributed by atoms with E-state index in [4.69, 9.17) is 16.3 Å². The minimum absolute atomic E-state index is 0.410. The zero-order valence-corrected chi connectivity index (χ0v) is 15.7. The Morgan fingerprint density at radius 1 is 1.00 bits per heavy atom. The fourth-order valence-electron chi connectivity index (χ4n) is 2.98. The summed E-state index contributed by atoms with van der Waals surface area (Å²) in [5.74, 6) is 0.738. The molecule has 1 unspecified atom stereocenters. The summed E-state index contributed by atoms with van der Waals surface area (Å²) < 4.78 is 5.81. The van der Waals surface area contributed by atoms with Crippen LogP contribution < -0.4 is 4.74 Å². The number of rotatable bonds is 6. The Balaban J connectivity index is 1.77. The number of aryl methyl sites for hydroxylation is 1. The van der Waals surface area contributed by atoms with Crippen molar-refractivity contribution in [3.63, 3.8) is 0 Å². The molecule has 1 heterocycles. The number of hydrogen-bond donors (Lipinski definition) is 1. The van der Waals surface area contributed by atoms with Gasteiger partial charge in [-0.05, 0) is 60.9 Å². The lowest BCUT2D eigenvalue weighted by Crippen LogP contribution is -2.26. The Labute approximate surface area is 159 Å². The van der Waals surface area contributed by atoms with Crippen molar-refractivity contribution in [2.24, 2.45) is 0 Å². The molecule has 134 valence electrons. The van der Waals surface area contributed by atoms with Gasteiger partial charge >= 0.3 is 0 Å². The van der Waals surface area contributed by atoms with Crippen LogP contribution in [-0.4, -0.2) is 10.1 Å². The lowest BCUT2D eigenvalue weighted by atomic mass is 9.84. The number of aliphatic hydroxyl groups is 1. The first-order valence-corrected chi connectivity index (χ1v) is 9.03. The highest BCUT2D eigenvalue weighted by Gasteiger charge is 2.29. The lowest BCUT2D eigenvalue weighted by molar-refractivity contribution is 0.0765. The standard InChI is InChI=1S/C22H22ClNO2/c1-3-22(25,18-7-5-8-19(23)14-18)17-10-12-21(13-11-17)26-15-20-9-4-6-16(2)24-20/h4-14,25H,3,15H2,1-2H3. The van der Waals surface area contributed by atoms with Crippen LogP contribution in [0.5, 0.6) is 5.75 Å². The largest absolute Gasteiger partial charge is 0.487 e. The van der Waals surface area contributed by atoms with Crippen LogP contribution in [0.25, 0.3) is 0 Å². The van der Waals surface area contributed by atoms with E-state index in [-0.39, 0.29) is 0 Å². The Hall–Kier alpha value is -2.36. The molecule has 3 nitrogen and oxygen atoms in total. The van der Waals surface area contributed by atoms with E-state index in [1.165, 1.54) is 0 Å². The molecule has 4 heteroatoms. The van der Waals surface area contributed by atoms with Gasteiger partial charge in [0.25, 0.3) is 0 Å². The molecule has 0 bridgehead atoms. The van der Waals surface area contributed by atoms with E-state index in [0.29, 0.717) is 18.1 Å². The first-order chi connectivity index (χ1) is 12.5. The van der Waals surface area contributed by atoms with Crippen LogP contribution in [0.4, 0.5) is 0 Å². The maximum absolute atomic E-state index is 11.2. The second-order valence-corrected chi connectivity index (χ2v) is 6.74. The van der Waals surface area contributed by atoms with Gasteiger partial charge in [0.1, 0.15) is 18.0 Å². The molecule has 3 rings (SSSR count). The predicted molar refractivity (Wildman–Crippen MR) is 104 cm³/mol. The second kappa shape index (κ2) is 7.90. The molecule has 0 saturated carbocycles. The van der Waals surface area contributed by atoms with Crippen LogP contribution in [0.3, 0.4) is 0 Å². The molecule has 3 aromatic rings. The van der Waals surface area contributed by atoms with E-state index in [0.717, 1.165) is 28.3 Å². The Bertz CT molecular complexity index is 879. The van der Waals surface area contributed by atoms with E-state index in [9.17, 15) is 5.11 Å². The molecule has 26 heavy (non-hydrogen) atoms. The summed E-state index contributed by atoms with van der Waals surface area (Å²) in [6, 6.07) is 20.7. The maximum Gasteiger partial charge on any atom is 0.130 e. The van der Waals surface area contributed by atoms with Crippen LogP contribution in [0.2, 0.25) is 5.02 Å². The molecular weight excluding hydrogens is 346 g/mol. The van der Waals surface area contributed by atoms with Crippen LogP contribution >= 0.6 is 11.6 Å². The number of pyridine rings is 1. The van der Waals surface area contributed by atoms with Gasteiger partial charge in [-0.25, -0.2) is 0 Å². The van der Waals surface area contributed by atoms with Crippen LogP contribution in [0.1, 0.15) is 35.9 Å². The highest BCUT2D eigenvalue weighted by atomic mass is 35.5. The summed E-state index contributed by atoms with van der Waals surface area (Å²) in [5.41, 5.74) is 2.36. The van der Waals surface area contributed by atoms with Gasteiger partial charge < -0.3 is 9.84 Å². The average molecular weight is 368 g/mol. The van der Waals surface area contributed by atoms with Gasteiger partial charge in [0.15, 0.2) is 0 Å². The molecule has 0 saturated heterocycles. The van der Waals surface area contributed by atoms with Crippen molar-refractivity contribution < 1.29 is 9.84 Å². The number of halogens is 1. The van der Waals surface area contributed by atoms with Gasteiger partial charge in [0.2, 0.25) is 0 Å². The van der Waals surface area contributed by atoms with E-state index in [2.05, 4.69) is 4.98 Å². The summed E-state index contributed by atoms with van der Waals surface area (Å²) in [7, 11) is 0. The van der Waals surface area contributed by atoms with Crippen molar-refractivity contribution in [2.75, 3.05) is 0 Å². The van der Waals surface area contributed by atoms with E-state index < -0.39 is 5.60 Å². The minimum Gasteiger partial charge on any atom is -0.487 e. The number of hydrogen-bond acceptors (Lipinski definition) is 3. The molecule has 0 fully saturated rings. The summed E-state index contributed by atoms with van der Waals surface area (Å²) in [5, 5.41) is 11.8. The molecule has 0 amide bonds. The highest BCUT2D eigenvalue weighted by molar-refractivity contribution is 6.30. The van der Waals surface area contributed by atoms with Crippen molar-refractivity contribution >= 4 is 11.6 Å². The molecule has 0 radical (unpaired) electrons. The fourth-order valence-corrected chi connectivity index (χ4v) is 3.17. The molecular formula is C22H22ClNO2. The summed E-state index contributed by atoms with van der Waals surface area (Å²) in [6.07, 6.45) is 0.542. The first-order valence-electron chi connectivity index (χ1n) is 8.65. The molecule has 0 aliphatic heterocycles. The second-order valence-electron chi connectivity index (χ2n) is 6.31. The zero-order chi connectivity index (χ0) is 18.6. The third-order valence-corrected chi connectivity index (χ3v) is 4.71. The van der Waals surface area contributed by atoms with Gasteiger partial charge in [0, 0.05) is 10.7 Å². The third kappa shape index (κ3) is 4.06. The molecule has 0 aliphatic rings. The minimum atomic E-state index is -1.08. The number of nitrogens with zero attached hydrogens (tertiary/aromatic N) is 1. The van der Waals surface area contributed by atoms with Crippen molar-refractivity contribution in [3.05, 3.63) is 94.3 Å². The fraction of sp³-hybridized carbons (Fsp3) is 0.227. The van der Waals surface area contributed by atoms with Gasteiger partial charge in [-0.3, -0.25) is 4.98 Å². The molecule has 1 aromatic heterocycles. The van der Waals surface area contributed by atoms with Gasteiger partial charge in [0.05, 0.1) is 5.69 Å². The number of ether oxygens (including phenoxy) is 1. The molecule has 1 atom stereocenters. The van der Waals surface area contributed by atoms with E-state index in [1.807, 2.05) is 68.4 Å². The van der Waals surface area contributed by atoms with Crippen molar-refractivity contribution in [1.82, 2.24) is 4.98 Å². The molecule has 0 aliphatic carbocycles. The highest BCUT2D eigenvalue weighted by Crippen LogP contribution is 2.34. The molecule has 1 N–H and O–H groups in total. The summed E-state index contributed by atoms with van der Waals surface area (Å²) in [4.78, 5) is 4.43. The van der Waals surface area contributed by atoms with E-state index >= 15 is 0 Å².